The van der Waals surface area contributed by atoms with Crippen LogP contribution >= 0.6 is 11.3 Å². The zero-order valence-corrected chi connectivity index (χ0v) is 11.8. The average molecular weight is 321 g/mol. The molecule has 0 unspecified atom stereocenters. The monoisotopic (exact) mass is 321 g/mol. The highest BCUT2D eigenvalue weighted by Crippen LogP contribution is 2.19. The van der Waals surface area contributed by atoms with Crippen LogP contribution in [0.25, 0.3) is 10.7 Å². The maximum Gasteiger partial charge on any atom is 0.248 e. The third kappa shape index (κ3) is 3.14. The summed E-state index contributed by atoms with van der Waals surface area (Å²) in [6.45, 7) is -0.183. The van der Waals surface area contributed by atoms with Gasteiger partial charge in [0, 0.05) is 11.8 Å². The molecule has 0 radical (unpaired) electrons. The number of hydrogen-bond acceptors (Lipinski definition) is 5. The first kappa shape index (κ1) is 14.3. The van der Waals surface area contributed by atoms with Gasteiger partial charge in [-0.15, -0.1) is 21.5 Å². The van der Waals surface area contributed by atoms with Crippen LogP contribution in [0.1, 0.15) is 0 Å². The molecule has 112 valence electrons. The first-order chi connectivity index (χ1) is 10.6. The fourth-order valence-corrected chi connectivity index (χ4v) is 2.37. The molecule has 2 heterocycles. The van der Waals surface area contributed by atoms with Crippen LogP contribution in [0.5, 0.6) is 0 Å². The van der Waals surface area contributed by atoms with Crippen molar-refractivity contribution in [3.63, 3.8) is 0 Å². The predicted molar refractivity (Wildman–Crippen MR) is 76.1 cm³/mol. The van der Waals surface area contributed by atoms with Gasteiger partial charge in [0.1, 0.15) is 6.54 Å². The highest BCUT2D eigenvalue weighted by atomic mass is 32.1. The summed E-state index contributed by atoms with van der Waals surface area (Å²) in [6, 6.07) is 6.80. The Labute approximate surface area is 127 Å². The topological polar surface area (TPSA) is 72.7 Å². The molecule has 6 nitrogen and oxygen atoms in total. The van der Waals surface area contributed by atoms with Crippen molar-refractivity contribution in [2.45, 2.75) is 6.54 Å². The summed E-state index contributed by atoms with van der Waals surface area (Å²) < 4.78 is 25.9. The quantitative estimate of drug-likeness (QED) is 0.800. The fourth-order valence-electron chi connectivity index (χ4n) is 1.72. The van der Waals surface area contributed by atoms with Crippen molar-refractivity contribution in [2.75, 3.05) is 5.32 Å². The average Bonchev–Trinajstić information content (AvgIpc) is 3.13. The van der Waals surface area contributed by atoms with Gasteiger partial charge < -0.3 is 5.32 Å². The van der Waals surface area contributed by atoms with E-state index in [4.69, 9.17) is 0 Å². The highest BCUT2D eigenvalue weighted by molar-refractivity contribution is 7.13. The number of tetrazole rings is 1. The molecule has 22 heavy (non-hydrogen) atoms. The molecule has 1 amide bonds. The summed E-state index contributed by atoms with van der Waals surface area (Å²) >= 11 is 1.46. The summed E-state index contributed by atoms with van der Waals surface area (Å²) in [4.78, 5) is 13.8. The van der Waals surface area contributed by atoms with Crippen LogP contribution in [0.3, 0.4) is 0 Å². The highest BCUT2D eigenvalue weighted by Gasteiger charge is 2.11. The first-order valence-electron chi connectivity index (χ1n) is 6.18. The summed E-state index contributed by atoms with van der Waals surface area (Å²) in [7, 11) is 0. The number of carbonyl (C=O) groups is 1. The Morgan fingerprint density at radius 1 is 1.27 bits per heavy atom. The molecule has 0 fully saturated rings. The number of aromatic nitrogens is 4. The van der Waals surface area contributed by atoms with Crippen LogP contribution in [0.4, 0.5) is 14.5 Å². The van der Waals surface area contributed by atoms with E-state index >= 15 is 0 Å². The summed E-state index contributed by atoms with van der Waals surface area (Å²) in [6.07, 6.45) is 0. The molecule has 0 bridgehead atoms. The molecule has 3 rings (SSSR count). The Kier molecular flexibility index (Phi) is 3.88. The first-order valence-corrected chi connectivity index (χ1v) is 7.06. The second-order valence-corrected chi connectivity index (χ2v) is 5.25. The number of amides is 1. The number of benzene rings is 1. The number of hydrogen-bond donors (Lipinski definition) is 1. The van der Waals surface area contributed by atoms with E-state index in [0.29, 0.717) is 5.82 Å². The van der Waals surface area contributed by atoms with Gasteiger partial charge in [0.15, 0.2) is 11.6 Å². The molecule has 0 atom stereocenters. The SMILES string of the molecule is O=C(Cn1nnc(-c2cccs2)n1)Nc1ccc(F)c(F)c1. The van der Waals surface area contributed by atoms with E-state index < -0.39 is 17.5 Å². The third-order valence-electron chi connectivity index (χ3n) is 2.68. The van der Waals surface area contributed by atoms with E-state index in [2.05, 4.69) is 20.7 Å². The van der Waals surface area contributed by atoms with Crippen molar-refractivity contribution in [2.24, 2.45) is 0 Å². The smallest absolute Gasteiger partial charge is 0.248 e. The maximum absolute atomic E-state index is 13.1. The molecule has 0 saturated carbocycles. The number of carbonyl (C=O) groups excluding carboxylic acids is 1. The van der Waals surface area contributed by atoms with Gasteiger partial charge in [-0.25, -0.2) is 8.78 Å². The number of nitrogens with zero attached hydrogens (tertiary/aromatic N) is 4. The standard InChI is InChI=1S/C13H9F2N5OS/c14-9-4-3-8(6-10(9)15)16-12(21)7-20-18-13(17-19-20)11-2-1-5-22-11/h1-6H,7H2,(H,16,21). The van der Waals surface area contributed by atoms with Crippen LogP contribution in [0.2, 0.25) is 0 Å². The summed E-state index contributed by atoms with van der Waals surface area (Å²) in [5, 5.41) is 16.0. The van der Waals surface area contributed by atoms with Crippen LogP contribution in [-0.2, 0) is 11.3 Å². The largest absolute Gasteiger partial charge is 0.324 e. The van der Waals surface area contributed by atoms with E-state index in [1.165, 1.54) is 17.4 Å². The molecule has 0 spiro atoms. The lowest BCUT2D eigenvalue weighted by molar-refractivity contribution is -0.117. The van der Waals surface area contributed by atoms with Crippen molar-refractivity contribution in [3.8, 4) is 10.7 Å². The van der Waals surface area contributed by atoms with Gasteiger partial charge in [-0.3, -0.25) is 4.79 Å². The number of halogens is 2. The molecule has 0 aliphatic heterocycles. The molecule has 2 aromatic heterocycles. The summed E-state index contributed by atoms with van der Waals surface area (Å²) in [5.41, 5.74) is 0.155. The van der Waals surface area contributed by atoms with Crippen molar-refractivity contribution < 1.29 is 13.6 Å². The number of anilines is 1. The third-order valence-corrected chi connectivity index (χ3v) is 3.55. The van der Waals surface area contributed by atoms with Crippen LogP contribution in [0, 0.1) is 11.6 Å². The van der Waals surface area contributed by atoms with E-state index in [1.807, 2.05) is 17.5 Å². The minimum absolute atomic E-state index is 0.155. The zero-order valence-electron chi connectivity index (χ0n) is 11.0. The molecule has 1 N–H and O–H groups in total. The van der Waals surface area contributed by atoms with E-state index in [-0.39, 0.29) is 12.2 Å². The van der Waals surface area contributed by atoms with Crippen molar-refractivity contribution in [1.82, 2.24) is 20.2 Å². The van der Waals surface area contributed by atoms with Gasteiger partial charge in [-0.2, -0.15) is 4.80 Å². The Hall–Kier alpha value is -2.68. The predicted octanol–water partition coefficient (Wildman–Crippen LogP) is 2.32. The van der Waals surface area contributed by atoms with Gasteiger partial charge in [0.25, 0.3) is 0 Å². The van der Waals surface area contributed by atoms with Gasteiger partial charge in [0.05, 0.1) is 4.88 Å². The lowest BCUT2D eigenvalue weighted by Crippen LogP contribution is -2.20. The van der Waals surface area contributed by atoms with Gasteiger partial charge in [-0.1, -0.05) is 6.07 Å². The van der Waals surface area contributed by atoms with E-state index in [0.717, 1.165) is 21.8 Å². The van der Waals surface area contributed by atoms with Gasteiger partial charge in [0.2, 0.25) is 11.7 Å². The molecule has 1 aromatic carbocycles. The Bertz CT molecular complexity index is 803. The molecule has 9 heteroatoms. The Morgan fingerprint density at radius 3 is 2.86 bits per heavy atom. The Balaban J connectivity index is 1.65. The minimum Gasteiger partial charge on any atom is -0.324 e. The number of rotatable bonds is 4. The Morgan fingerprint density at radius 2 is 2.14 bits per heavy atom. The van der Waals surface area contributed by atoms with Crippen molar-refractivity contribution >= 4 is 22.9 Å². The van der Waals surface area contributed by atoms with Crippen LogP contribution in [-0.4, -0.2) is 26.1 Å². The van der Waals surface area contributed by atoms with Crippen LogP contribution < -0.4 is 5.32 Å². The van der Waals surface area contributed by atoms with Crippen molar-refractivity contribution in [3.05, 3.63) is 47.3 Å². The fraction of sp³-hybridized carbons (Fsp3) is 0.0769. The zero-order chi connectivity index (χ0) is 15.5. The molecule has 0 saturated heterocycles. The van der Waals surface area contributed by atoms with Crippen molar-refractivity contribution in [1.29, 1.82) is 0 Å². The van der Waals surface area contributed by atoms with E-state index in [1.54, 1.807) is 0 Å². The molecular formula is C13H9F2N5OS. The van der Waals surface area contributed by atoms with Crippen LogP contribution in [0.15, 0.2) is 35.7 Å². The molecule has 0 aliphatic rings. The lowest BCUT2D eigenvalue weighted by atomic mass is 10.3. The number of thiophene rings is 1. The molecule has 0 aliphatic carbocycles. The molecule has 3 aromatic rings. The number of nitrogens with one attached hydrogen (secondary N) is 1. The summed E-state index contributed by atoms with van der Waals surface area (Å²) in [5.74, 6) is -2.05. The normalized spacial score (nSPS) is 10.6. The maximum atomic E-state index is 13.1. The lowest BCUT2D eigenvalue weighted by Gasteiger charge is -2.04. The van der Waals surface area contributed by atoms with Gasteiger partial charge in [-0.05, 0) is 28.8 Å². The van der Waals surface area contributed by atoms with E-state index in [9.17, 15) is 13.6 Å². The minimum atomic E-state index is -1.03. The molecular weight excluding hydrogens is 312 g/mol. The van der Waals surface area contributed by atoms with Gasteiger partial charge >= 0.3 is 0 Å². The second-order valence-electron chi connectivity index (χ2n) is 4.30. The second kappa shape index (κ2) is 5.98.